The molecule has 0 amide bonds. The van der Waals surface area contributed by atoms with Crippen LogP contribution in [0.2, 0.25) is 0 Å². The fourth-order valence-electron chi connectivity index (χ4n) is 3.93. The minimum Gasteiger partial charge on any atom is -0.313 e. The molecule has 0 aromatic carbocycles. The van der Waals surface area contributed by atoms with Crippen molar-refractivity contribution in [1.82, 2.24) is 5.32 Å². The summed E-state index contributed by atoms with van der Waals surface area (Å²) in [6.07, 6.45) is 11.5. The molecule has 3 atom stereocenters. The van der Waals surface area contributed by atoms with Crippen LogP contribution in [0.25, 0.3) is 0 Å². The third kappa shape index (κ3) is 3.71. The Labute approximate surface area is 108 Å². The van der Waals surface area contributed by atoms with Gasteiger partial charge >= 0.3 is 0 Å². The van der Waals surface area contributed by atoms with Crippen LogP contribution < -0.4 is 5.32 Å². The molecule has 1 N–H and O–H groups in total. The second-order valence-electron chi connectivity index (χ2n) is 7.33. The molecule has 2 aliphatic carbocycles. The number of hydrogen-bond donors (Lipinski definition) is 1. The fourth-order valence-corrected chi connectivity index (χ4v) is 3.93. The number of rotatable bonds is 3. The maximum atomic E-state index is 3.90. The van der Waals surface area contributed by atoms with Gasteiger partial charge in [-0.2, -0.15) is 0 Å². The highest BCUT2D eigenvalue weighted by Crippen LogP contribution is 2.36. The molecule has 1 nitrogen and oxygen atoms in total. The fraction of sp³-hybridized carbons (Fsp3) is 1.00. The number of hydrogen-bond acceptors (Lipinski definition) is 1. The Morgan fingerprint density at radius 3 is 2.59 bits per heavy atom. The zero-order valence-corrected chi connectivity index (χ0v) is 12.1. The third-order valence-electron chi connectivity index (χ3n) is 5.21. The van der Waals surface area contributed by atoms with E-state index in [1.54, 1.807) is 0 Å². The molecule has 2 saturated carbocycles. The molecule has 0 saturated heterocycles. The Morgan fingerprint density at radius 1 is 1.06 bits per heavy atom. The lowest BCUT2D eigenvalue weighted by Crippen LogP contribution is -2.46. The molecule has 0 heterocycles. The van der Waals surface area contributed by atoms with Gasteiger partial charge in [-0.25, -0.2) is 0 Å². The Bertz CT molecular complexity index is 234. The normalized spacial score (nSPS) is 37.9. The van der Waals surface area contributed by atoms with Crippen molar-refractivity contribution in [1.29, 1.82) is 0 Å². The smallest absolute Gasteiger partial charge is 0.0118 e. The zero-order valence-electron chi connectivity index (χ0n) is 12.1. The van der Waals surface area contributed by atoms with Crippen LogP contribution in [0, 0.1) is 17.3 Å². The lowest BCUT2D eigenvalue weighted by atomic mass is 9.73. The van der Waals surface area contributed by atoms with Gasteiger partial charge in [-0.15, -0.1) is 0 Å². The Morgan fingerprint density at radius 2 is 1.88 bits per heavy atom. The second kappa shape index (κ2) is 5.73. The standard InChI is InChI=1S/C16H31N/c1-13-7-6-8-14(11-13)12-17-15-9-4-5-10-16(15,2)3/h13-15,17H,4-12H2,1-3H3. The van der Waals surface area contributed by atoms with Crippen molar-refractivity contribution in [3.63, 3.8) is 0 Å². The second-order valence-corrected chi connectivity index (χ2v) is 7.33. The molecule has 3 unspecified atom stereocenters. The SMILES string of the molecule is CC1CCCC(CNC2CCCCC2(C)C)C1. The van der Waals surface area contributed by atoms with Gasteiger partial charge < -0.3 is 5.32 Å². The lowest BCUT2D eigenvalue weighted by Gasteiger charge is -2.40. The molecule has 0 aromatic heterocycles. The minimum atomic E-state index is 0.526. The molecule has 17 heavy (non-hydrogen) atoms. The predicted octanol–water partition coefficient (Wildman–Crippen LogP) is 4.37. The topological polar surface area (TPSA) is 12.0 Å². The zero-order chi connectivity index (χ0) is 12.3. The number of nitrogens with one attached hydrogen (secondary N) is 1. The van der Waals surface area contributed by atoms with Crippen LogP contribution in [0.5, 0.6) is 0 Å². The summed E-state index contributed by atoms with van der Waals surface area (Å²) in [4.78, 5) is 0. The first-order valence-corrected chi connectivity index (χ1v) is 7.81. The summed E-state index contributed by atoms with van der Waals surface area (Å²) in [6, 6.07) is 0.772. The van der Waals surface area contributed by atoms with E-state index in [1.165, 1.54) is 57.9 Å². The summed E-state index contributed by atoms with van der Waals surface area (Å²) in [5, 5.41) is 3.90. The molecule has 2 rings (SSSR count). The van der Waals surface area contributed by atoms with E-state index in [9.17, 15) is 0 Å². The van der Waals surface area contributed by atoms with Gasteiger partial charge in [0.2, 0.25) is 0 Å². The molecule has 2 aliphatic rings. The first-order valence-electron chi connectivity index (χ1n) is 7.81. The molecule has 0 radical (unpaired) electrons. The Kier molecular flexibility index (Phi) is 4.52. The van der Waals surface area contributed by atoms with Gasteiger partial charge in [0.05, 0.1) is 0 Å². The van der Waals surface area contributed by atoms with Crippen molar-refractivity contribution in [2.75, 3.05) is 6.54 Å². The molecule has 1 heteroatoms. The monoisotopic (exact) mass is 237 g/mol. The van der Waals surface area contributed by atoms with Gasteiger partial charge in [0, 0.05) is 6.04 Å². The van der Waals surface area contributed by atoms with Crippen LogP contribution in [0.1, 0.15) is 72.1 Å². The first kappa shape index (κ1) is 13.4. The van der Waals surface area contributed by atoms with Crippen LogP contribution >= 0.6 is 0 Å². The van der Waals surface area contributed by atoms with Crippen molar-refractivity contribution < 1.29 is 0 Å². The van der Waals surface area contributed by atoms with Crippen molar-refractivity contribution in [2.45, 2.75) is 78.2 Å². The van der Waals surface area contributed by atoms with Gasteiger partial charge in [0.25, 0.3) is 0 Å². The van der Waals surface area contributed by atoms with E-state index in [0.29, 0.717) is 5.41 Å². The molecule has 100 valence electrons. The van der Waals surface area contributed by atoms with E-state index in [2.05, 4.69) is 26.1 Å². The Balaban J connectivity index is 1.76. The van der Waals surface area contributed by atoms with Crippen LogP contribution in [-0.2, 0) is 0 Å². The average Bonchev–Trinajstić information content (AvgIpc) is 2.27. The van der Waals surface area contributed by atoms with Crippen LogP contribution in [0.4, 0.5) is 0 Å². The maximum absolute atomic E-state index is 3.90. The van der Waals surface area contributed by atoms with Crippen LogP contribution in [-0.4, -0.2) is 12.6 Å². The molecule has 0 aliphatic heterocycles. The summed E-state index contributed by atoms with van der Waals surface area (Å²) in [5.41, 5.74) is 0.526. The summed E-state index contributed by atoms with van der Waals surface area (Å²) in [7, 11) is 0. The van der Waals surface area contributed by atoms with Crippen molar-refractivity contribution >= 4 is 0 Å². The molecular formula is C16H31N. The summed E-state index contributed by atoms with van der Waals surface area (Å²) < 4.78 is 0. The van der Waals surface area contributed by atoms with Crippen molar-refractivity contribution in [3.8, 4) is 0 Å². The average molecular weight is 237 g/mol. The van der Waals surface area contributed by atoms with Crippen molar-refractivity contribution in [3.05, 3.63) is 0 Å². The van der Waals surface area contributed by atoms with Gasteiger partial charge in [-0.05, 0) is 49.5 Å². The van der Waals surface area contributed by atoms with E-state index >= 15 is 0 Å². The highest BCUT2D eigenvalue weighted by Gasteiger charge is 2.32. The molecular weight excluding hydrogens is 206 g/mol. The van der Waals surface area contributed by atoms with Gasteiger partial charge in [-0.1, -0.05) is 46.5 Å². The van der Waals surface area contributed by atoms with E-state index in [0.717, 1.165) is 17.9 Å². The maximum Gasteiger partial charge on any atom is 0.0118 e. The van der Waals surface area contributed by atoms with Crippen LogP contribution in [0.15, 0.2) is 0 Å². The first-order chi connectivity index (χ1) is 8.08. The van der Waals surface area contributed by atoms with Gasteiger partial charge in [0.15, 0.2) is 0 Å². The molecule has 2 fully saturated rings. The molecule has 0 bridgehead atoms. The highest BCUT2D eigenvalue weighted by molar-refractivity contribution is 4.88. The lowest BCUT2D eigenvalue weighted by molar-refractivity contribution is 0.154. The molecule has 0 aromatic rings. The van der Waals surface area contributed by atoms with Crippen LogP contribution in [0.3, 0.4) is 0 Å². The largest absolute Gasteiger partial charge is 0.313 e. The van der Waals surface area contributed by atoms with Gasteiger partial charge in [-0.3, -0.25) is 0 Å². The summed E-state index contributed by atoms with van der Waals surface area (Å²) >= 11 is 0. The van der Waals surface area contributed by atoms with E-state index in [-0.39, 0.29) is 0 Å². The van der Waals surface area contributed by atoms with Gasteiger partial charge in [0.1, 0.15) is 0 Å². The minimum absolute atomic E-state index is 0.526. The quantitative estimate of drug-likeness (QED) is 0.768. The highest BCUT2D eigenvalue weighted by atomic mass is 14.9. The van der Waals surface area contributed by atoms with E-state index in [4.69, 9.17) is 0 Å². The summed E-state index contributed by atoms with van der Waals surface area (Å²) in [6.45, 7) is 8.61. The summed E-state index contributed by atoms with van der Waals surface area (Å²) in [5.74, 6) is 1.92. The molecule has 0 spiro atoms. The Hall–Kier alpha value is -0.0400. The van der Waals surface area contributed by atoms with Crippen molar-refractivity contribution in [2.24, 2.45) is 17.3 Å². The van der Waals surface area contributed by atoms with E-state index in [1.807, 2.05) is 0 Å². The third-order valence-corrected chi connectivity index (χ3v) is 5.21. The predicted molar refractivity (Wildman–Crippen MR) is 75.2 cm³/mol. The van der Waals surface area contributed by atoms with E-state index < -0.39 is 0 Å².